The fourth-order valence-electron chi connectivity index (χ4n) is 2.60. The molecule has 2 heterocycles. The van der Waals surface area contributed by atoms with Gasteiger partial charge in [0.15, 0.2) is 5.82 Å². The minimum atomic E-state index is -0.0398. The summed E-state index contributed by atoms with van der Waals surface area (Å²) in [5.74, 6) is 2.42. The zero-order chi connectivity index (χ0) is 14.6. The quantitative estimate of drug-likeness (QED) is 0.905. The third kappa shape index (κ3) is 5.57. The molecule has 1 aromatic rings. The van der Waals surface area contributed by atoms with Gasteiger partial charge >= 0.3 is 0 Å². The maximum absolute atomic E-state index is 5.37. The van der Waals surface area contributed by atoms with Gasteiger partial charge < -0.3 is 9.84 Å². The van der Waals surface area contributed by atoms with E-state index >= 15 is 0 Å². The number of hydrogen-bond acceptors (Lipinski definition) is 5. The molecule has 5 nitrogen and oxygen atoms in total. The Balaban J connectivity index is 0.00000220. The Bertz CT molecular complexity index is 408. The van der Waals surface area contributed by atoms with Crippen molar-refractivity contribution in [3.05, 3.63) is 11.7 Å². The molecule has 0 bridgehead atoms. The van der Waals surface area contributed by atoms with Gasteiger partial charge in [-0.25, -0.2) is 0 Å². The van der Waals surface area contributed by atoms with Gasteiger partial charge in [0.1, 0.15) is 0 Å². The van der Waals surface area contributed by atoms with Gasteiger partial charge in [0.2, 0.25) is 5.89 Å². The number of piperidine rings is 1. The predicted octanol–water partition coefficient (Wildman–Crippen LogP) is 2.61. The molecule has 21 heavy (non-hydrogen) atoms. The summed E-state index contributed by atoms with van der Waals surface area (Å²) < 4.78 is 5.37. The Morgan fingerprint density at radius 1 is 1.29 bits per heavy atom. The van der Waals surface area contributed by atoms with Crippen molar-refractivity contribution in [2.24, 2.45) is 5.92 Å². The average Bonchev–Trinajstić information content (AvgIpc) is 2.86. The number of halogens is 1. The first-order valence-electron chi connectivity index (χ1n) is 7.69. The molecule has 2 rings (SSSR count). The average molecular weight is 317 g/mol. The molecule has 1 aliphatic heterocycles. The maximum atomic E-state index is 5.37. The first-order valence-corrected chi connectivity index (χ1v) is 7.69. The molecule has 1 fully saturated rings. The third-order valence-electron chi connectivity index (χ3n) is 4.01. The van der Waals surface area contributed by atoms with Crippen molar-refractivity contribution >= 4 is 12.4 Å². The predicted molar refractivity (Wildman–Crippen MR) is 86.8 cm³/mol. The van der Waals surface area contributed by atoms with Crippen LogP contribution < -0.4 is 5.32 Å². The SMILES string of the molecule is CNCCC1CCN(Cc2nc(C(C)(C)C)no2)CC1.Cl. The Kier molecular flexibility index (Phi) is 7.10. The molecular weight excluding hydrogens is 288 g/mol. The summed E-state index contributed by atoms with van der Waals surface area (Å²) in [4.78, 5) is 6.94. The summed E-state index contributed by atoms with van der Waals surface area (Å²) in [6.45, 7) is 10.5. The number of likely N-dealkylation sites (tertiary alicyclic amines) is 1. The minimum Gasteiger partial charge on any atom is -0.338 e. The maximum Gasteiger partial charge on any atom is 0.240 e. The lowest BCUT2D eigenvalue weighted by atomic mass is 9.93. The largest absolute Gasteiger partial charge is 0.338 e. The van der Waals surface area contributed by atoms with Crippen molar-refractivity contribution in [1.82, 2.24) is 20.4 Å². The molecule has 1 N–H and O–H groups in total. The second kappa shape index (κ2) is 8.11. The van der Waals surface area contributed by atoms with Crippen LogP contribution >= 0.6 is 12.4 Å². The lowest BCUT2D eigenvalue weighted by molar-refractivity contribution is 0.155. The van der Waals surface area contributed by atoms with E-state index in [0.717, 1.165) is 43.8 Å². The molecule has 0 spiro atoms. The van der Waals surface area contributed by atoms with E-state index in [1.165, 1.54) is 19.3 Å². The molecule has 1 saturated heterocycles. The number of hydrogen-bond donors (Lipinski definition) is 1. The molecule has 0 amide bonds. The van der Waals surface area contributed by atoms with Crippen molar-refractivity contribution < 1.29 is 4.52 Å². The fraction of sp³-hybridized carbons (Fsp3) is 0.867. The molecule has 0 atom stereocenters. The highest BCUT2D eigenvalue weighted by atomic mass is 35.5. The lowest BCUT2D eigenvalue weighted by Crippen LogP contribution is -2.34. The van der Waals surface area contributed by atoms with Crippen LogP contribution in [0.25, 0.3) is 0 Å². The second-order valence-electron chi connectivity index (χ2n) is 6.87. The van der Waals surface area contributed by atoms with E-state index in [1.54, 1.807) is 0 Å². The van der Waals surface area contributed by atoms with Gasteiger partial charge in [-0.3, -0.25) is 4.90 Å². The van der Waals surface area contributed by atoms with Crippen LogP contribution in [0, 0.1) is 5.92 Å². The molecule has 1 aromatic heterocycles. The van der Waals surface area contributed by atoms with E-state index in [1.807, 2.05) is 7.05 Å². The molecule has 122 valence electrons. The highest BCUT2D eigenvalue weighted by Crippen LogP contribution is 2.22. The van der Waals surface area contributed by atoms with E-state index in [0.29, 0.717) is 0 Å². The van der Waals surface area contributed by atoms with Gasteiger partial charge in [-0.05, 0) is 51.9 Å². The molecule has 0 unspecified atom stereocenters. The molecular formula is C15H29ClN4O. The van der Waals surface area contributed by atoms with Gasteiger partial charge in [-0.1, -0.05) is 25.9 Å². The van der Waals surface area contributed by atoms with Gasteiger partial charge in [-0.15, -0.1) is 12.4 Å². The summed E-state index contributed by atoms with van der Waals surface area (Å²) >= 11 is 0. The summed E-state index contributed by atoms with van der Waals surface area (Å²) in [5, 5.41) is 7.32. The van der Waals surface area contributed by atoms with Crippen LogP contribution in [0.1, 0.15) is 51.7 Å². The standard InChI is InChI=1S/C15H28N4O.ClH/c1-15(2,3)14-17-13(20-18-14)11-19-9-6-12(7-10-19)5-8-16-4;/h12,16H,5-11H2,1-4H3;1H. The lowest BCUT2D eigenvalue weighted by Gasteiger charge is -2.30. The number of rotatable bonds is 5. The van der Waals surface area contributed by atoms with E-state index in [-0.39, 0.29) is 17.8 Å². The molecule has 6 heteroatoms. The highest BCUT2D eigenvalue weighted by molar-refractivity contribution is 5.85. The van der Waals surface area contributed by atoms with Crippen LogP contribution in [0.5, 0.6) is 0 Å². The summed E-state index contributed by atoms with van der Waals surface area (Å²) in [6.07, 6.45) is 3.85. The Hall–Kier alpha value is -0.650. The van der Waals surface area contributed by atoms with Gasteiger partial charge in [-0.2, -0.15) is 4.98 Å². The molecule has 0 aliphatic carbocycles. The van der Waals surface area contributed by atoms with Crippen LogP contribution in [-0.4, -0.2) is 41.7 Å². The normalized spacial score (nSPS) is 17.7. The van der Waals surface area contributed by atoms with Gasteiger partial charge in [0, 0.05) is 5.41 Å². The highest BCUT2D eigenvalue weighted by Gasteiger charge is 2.23. The molecule has 0 radical (unpaired) electrons. The van der Waals surface area contributed by atoms with Crippen molar-refractivity contribution in [1.29, 1.82) is 0 Å². The van der Waals surface area contributed by atoms with Crippen LogP contribution in [0.15, 0.2) is 4.52 Å². The first kappa shape index (κ1) is 18.4. The molecule has 1 aliphatic rings. The summed E-state index contributed by atoms with van der Waals surface area (Å²) in [5.41, 5.74) is -0.0398. The third-order valence-corrected chi connectivity index (χ3v) is 4.01. The number of nitrogens with zero attached hydrogens (tertiary/aromatic N) is 3. The first-order chi connectivity index (χ1) is 9.49. The van der Waals surface area contributed by atoms with E-state index in [2.05, 4.69) is 41.1 Å². The van der Waals surface area contributed by atoms with Gasteiger partial charge in [0.25, 0.3) is 0 Å². The number of aromatic nitrogens is 2. The Labute approximate surface area is 134 Å². The zero-order valence-corrected chi connectivity index (χ0v) is 14.5. The number of nitrogens with one attached hydrogen (secondary N) is 1. The van der Waals surface area contributed by atoms with Gasteiger partial charge in [0.05, 0.1) is 6.54 Å². The van der Waals surface area contributed by atoms with E-state index in [4.69, 9.17) is 4.52 Å². The minimum absolute atomic E-state index is 0. The fourth-order valence-corrected chi connectivity index (χ4v) is 2.60. The van der Waals surface area contributed by atoms with Crippen LogP contribution in [-0.2, 0) is 12.0 Å². The van der Waals surface area contributed by atoms with Crippen molar-refractivity contribution in [3.8, 4) is 0 Å². The Morgan fingerprint density at radius 2 is 1.95 bits per heavy atom. The van der Waals surface area contributed by atoms with E-state index < -0.39 is 0 Å². The monoisotopic (exact) mass is 316 g/mol. The van der Waals surface area contributed by atoms with Crippen LogP contribution in [0.2, 0.25) is 0 Å². The van der Waals surface area contributed by atoms with Crippen molar-refractivity contribution in [3.63, 3.8) is 0 Å². The topological polar surface area (TPSA) is 54.2 Å². The van der Waals surface area contributed by atoms with Crippen molar-refractivity contribution in [2.75, 3.05) is 26.7 Å². The second-order valence-corrected chi connectivity index (χ2v) is 6.87. The molecule has 0 saturated carbocycles. The van der Waals surface area contributed by atoms with Crippen LogP contribution in [0.3, 0.4) is 0 Å². The van der Waals surface area contributed by atoms with E-state index in [9.17, 15) is 0 Å². The van der Waals surface area contributed by atoms with Crippen molar-refractivity contribution in [2.45, 2.75) is 52.0 Å². The Morgan fingerprint density at radius 3 is 2.48 bits per heavy atom. The smallest absolute Gasteiger partial charge is 0.240 e. The summed E-state index contributed by atoms with van der Waals surface area (Å²) in [7, 11) is 2.03. The zero-order valence-electron chi connectivity index (χ0n) is 13.7. The van der Waals surface area contributed by atoms with Crippen LogP contribution in [0.4, 0.5) is 0 Å². The summed E-state index contributed by atoms with van der Waals surface area (Å²) in [6, 6.07) is 0. The molecule has 0 aromatic carbocycles.